The summed E-state index contributed by atoms with van der Waals surface area (Å²) in [5, 5.41) is 8.57. The maximum absolute atomic E-state index is 13.0. The number of halogens is 2. The lowest BCUT2D eigenvalue weighted by molar-refractivity contribution is 0.0696. The molecule has 4 nitrogen and oxygen atoms in total. The van der Waals surface area contributed by atoms with Crippen molar-refractivity contribution < 1.29 is 14.3 Å². The number of carboxylic acids is 1. The lowest BCUT2D eigenvalue weighted by Crippen LogP contribution is -2.09. The summed E-state index contributed by atoms with van der Waals surface area (Å²) >= 11 is 2.91. The fourth-order valence-electron chi connectivity index (χ4n) is 0.818. The Kier molecular flexibility index (Phi) is 2.84. The Morgan fingerprint density at radius 1 is 1.62 bits per heavy atom. The van der Waals surface area contributed by atoms with Crippen LogP contribution in [0, 0.1) is 5.82 Å². The van der Waals surface area contributed by atoms with Gasteiger partial charge >= 0.3 is 5.97 Å². The lowest BCUT2D eigenvalue weighted by atomic mass is 10.2. The molecule has 0 atom stereocenters. The van der Waals surface area contributed by atoms with Crippen molar-refractivity contribution in [1.82, 2.24) is 0 Å². The highest BCUT2D eigenvalue weighted by atomic mass is 79.9. The smallest absolute Gasteiger partial charge is 0.335 e. The maximum Gasteiger partial charge on any atom is 0.335 e. The molecule has 0 heterocycles. The molecule has 0 spiro atoms. The quantitative estimate of drug-likeness (QED) is 0.549. The molecule has 0 aliphatic heterocycles. The van der Waals surface area contributed by atoms with Gasteiger partial charge in [0.15, 0.2) is 0 Å². The number of carboxylic acid groups (broad SMARTS) is 1. The van der Waals surface area contributed by atoms with Gasteiger partial charge in [-0.05, 0) is 28.1 Å². The number of nitrogen functional groups attached to an aromatic ring is 1. The van der Waals surface area contributed by atoms with Crippen LogP contribution in [0.4, 0.5) is 10.1 Å². The summed E-state index contributed by atoms with van der Waals surface area (Å²) in [7, 11) is 0. The van der Waals surface area contributed by atoms with Crippen LogP contribution < -0.4 is 11.3 Å². The molecule has 0 bridgehead atoms. The summed E-state index contributed by atoms with van der Waals surface area (Å²) in [6.45, 7) is 0. The van der Waals surface area contributed by atoms with Crippen LogP contribution in [-0.4, -0.2) is 11.1 Å². The van der Waals surface area contributed by atoms with Crippen LogP contribution in [0.25, 0.3) is 0 Å². The van der Waals surface area contributed by atoms with E-state index in [2.05, 4.69) is 21.4 Å². The molecule has 0 aliphatic carbocycles. The number of aromatic carboxylic acids is 1. The zero-order chi connectivity index (χ0) is 10.0. The molecule has 1 aromatic carbocycles. The number of hydrogen-bond acceptors (Lipinski definition) is 3. The average Bonchev–Trinajstić information content (AvgIpc) is 2.09. The normalized spacial score (nSPS) is 9.77. The van der Waals surface area contributed by atoms with Gasteiger partial charge in [-0.2, -0.15) is 0 Å². The molecule has 0 radical (unpaired) electrons. The fraction of sp³-hybridized carbons (Fsp3) is 0. The number of nitrogens with two attached hydrogens (primary N) is 1. The molecular weight excluding hydrogens is 243 g/mol. The molecule has 6 heteroatoms. The predicted molar refractivity (Wildman–Crippen MR) is 48.9 cm³/mol. The second kappa shape index (κ2) is 3.71. The summed E-state index contributed by atoms with van der Waals surface area (Å²) < 4.78 is 13.1. The van der Waals surface area contributed by atoms with Crippen LogP contribution >= 0.6 is 15.9 Å². The Balaban J connectivity index is 3.30. The van der Waals surface area contributed by atoms with Crippen LogP contribution in [-0.2, 0) is 0 Å². The molecule has 70 valence electrons. The first-order valence-electron chi connectivity index (χ1n) is 3.25. The third kappa shape index (κ3) is 1.96. The number of carbonyl (C=O) groups is 1. The zero-order valence-corrected chi connectivity index (χ0v) is 7.93. The van der Waals surface area contributed by atoms with Crippen LogP contribution in [0.1, 0.15) is 10.4 Å². The lowest BCUT2D eigenvalue weighted by Gasteiger charge is -2.05. The molecule has 0 amide bonds. The highest BCUT2D eigenvalue weighted by Gasteiger charge is 2.11. The molecule has 0 unspecified atom stereocenters. The minimum Gasteiger partial charge on any atom is -0.478 e. The van der Waals surface area contributed by atoms with Gasteiger partial charge in [-0.25, -0.2) is 9.18 Å². The summed E-state index contributed by atoms with van der Waals surface area (Å²) in [6, 6.07) is 2.14. The van der Waals surface area contributed by atoms with Crippen molar-refractivity contribution in [2.24, 2.45) is 5.84 Å². The number of hydrogen-bond donors (Lipinski definition) is 3. The van der Waals surface area contributed by atoms with Gasteiger partial charge < -0.3 is 10.5 Å². The predicted octanol–water partition coefficient (Wildman–Crippen LogP) is 1.57. The van der Waals surface area contributed by atoms with Crippen molar-refractivity contribution in [2.75, 3.05) is 5.43 Å². The van der Waals surface area contributed by atoms with Gasteiger partial charge in [-0.1, -0.05) is 0 Å². The SMILES string of the molecule is NNc1cc(C(=O)O)cc(F)c1Br. The molecule has 1 rings (SSSR count). The molecule has 13 heavy (non-hydrogen) atoms. The Bertz CT molecular complexity index is 357. The van der Waals surface area contributed by atoms with Crippen molar-refractivity contribution in [3.05, 3.63) is 28.0 Å². The highest BCUT2D eigenvalue weighted by Crippen LogP contribution is 2.26. The maximum atomic E-state index is 13.0. The van der Waals surface area contributed by atoms with Crippen LogP contribution in [0.5, 0.6) is 0 Å². The molecule has 0 aromatic heterocycles. The molecule has 0 fully saturated rings. The van der Waals surface area contributed by atoms with E-state index in [4.69, 9.17) is 10.9 Å². The number of anilines is 1. The first kappa shape index (κ1) is 9.94. The van der Waals surface area contributed by atoms with Crippen molar-refractivity contribution in [3.63, 3.8) is 0 Å². The van der Waals surface area contributed by atoms with E-state index in [0.717, 1.165) is 6.07 Å². The van der Waals surface area contributed by atoms with E-state index in [1.807, 2.05) is 0 Å². The topological polar surface area (TPSA) is 75.3 Å². The Morgan fingerprint density at radius 2 is 2.23 bits per heavy atom. The van der Waals surface area contributed by atoms with Gasteiger partial charge in [0.05, 0.1) is 15.7 Å². The first-order valence-corrected chi connectivity index (χ1v) is 4.04. The molecule has 1 aromatic rings. The largest absolute Gasteiger partial charge is 0.478 e. The van der Waals surface area contributed by atoms with E-state index in [1.54, 1.807) is 0 Å². The molecule has 4 N–H and O–H groups in total. The van der Waals surface area contributed by atoms with E-state index in [1.165, 1.54) is 6.07 Å². The Hall–Kier alpha value is -1.14. The molecule has 0 saturated carbocycles. The second-order valence-electron chi connectivity index (χ2n) is 2.27. The van der Waals surface area contributed by atoms with Gasteiger partial charge in [-0.15, -0.1) is 0 Å². The van der Waals surface area contributed by atoms with E-state index in [0.29, 0.717) is 0 Å². The van der Waals surface area contributed by atoms with Crippen LogP contribution in [0.2, 0.25) is 0 Å². The fourth-order valence-corrected chi connectivity index (χ4v) is 1.16. The Morgan fingerprint density at radius 3 is 2.69 bits per heavy atom. The van der Waals surface area contributed by atoms with Gasteiger partial charge in [0.25, 0.3) is 0 Å². The number of benzene rings is 1. The van der Waals surface area contributed by atoms with E-state index < -0.39 is 11.8 Å². The number of rotatable bonds is 2. The van der Waals surface area contributed by atoms with Crippen molar-refractivity contribution >= 4 is 27.6 Å². The van der Waals surface area contributed by atoms with Crippen LogP contribution in [0.3, 0.4) is 0 Å². The monoisotopic (exact) mass is 248 g/mol. The summed E-state index contributed by atoms with van der Waals surface area (Å²) in [4.78, 5) is 10.5. The summed E-state index contributed by atoms with van der Waals surface area (Å²) in [5.41, 5.74) is 2.21. The standard InChI is InChI=1S/C7H6BrFN2O2/c8-6-4(9)1-3(7(12)13)2-5(6)11-10/h1-2,11H,10H2,(H,12,13). The molecular formula is C7H6BrFN2O2. The van der Waals surface area contributed by atoms with Crippen molar-refractivity contribution in [3.8, 4) is 0 Å². The minimum atomic E-state index is -1.21. The van der Waals surface area contributed by atoms with E-state index in [-0.39, 0.29) is 15.7 Å². The number of hydrazine groups is 1. The number of nitrogens with one attached hydrogen (secondary N) is 1. The van der Waals surface area contributed by atoms with Gasteiger partial charge in [0, 0.05) is 0 Å². The summed E-state index contributed by atoms with van der Waals surface area (Å²) in [6.07, 6.45) is 0. The third-order valence-corrected chi connectivity index (χ3v) is 2.24. The van der Waals surface area contributed by atoms with E-state index >= 15 is 0 Å². The molecule has 0 saturated heterocycles. The zero-order valence-electron chi connectivity index (χ0n) is 6.34. The highest BCUT2D eigenvalue weighted by molar-refractivity contribution is 9.10. The second-order valence-corrected chi connectivity index (χ2v) is 3.06. The average molecular weight is 249 g/mol. The van der Waals surface area contributed by atoms with Crippen molar-refractivity contribution in [1.29, 1.82) is 0 Å². The van der Waals surface area contributed by atoms with Gasteiger partial charge in [0.2, 0.25) is 0 Å². The molecule has 0 aliphatic rings. The first-order chi connectivity index (χ1) is 6.06. The summed E-state index contributed by atoms with van der Waals surface area (Å²) in [5.74, 6) is 3.17. The minimum absolute atomic E-state index is 0.111. The van der Waals surface area contributed by atoms with Crippen LogP contribution in [0.15, 0.2) is 16.6 Å². The van der Waals surface area contributed by atoms with Gasteiger partial charge in [0.1, 0.15) is 5.82 Å². The van der Waals surface area contributed by atoms with E-state index in [9.17, 15) is 9.18 Å². The third-order valence-electron chi connectivity index (χ3n) is 1.43. The van der Waals surface area contributed by atoms with Crippen molar-refractivity contribution in [2.45, 2.75) is 0 Å². The van der Waals surface area contributed by atoms with Gasteiger partial charge in [-0.3, -0.25) is 5.84 Å². The Labute approximate surface area is 81.6 Å².